The van der Waals surface area contributed by atoms with Gasteiger partial charge in [0.05, 0.1) is 13.2 Å². The maximum atomic E-state index is 9.32. The van der Waals surface area contributed by atoms with Gasteiger partial charge < -0.3 is 15.2 Å². The highest BCUT2D eigenvalue weighted by molar-refractivity contribution is 4.84. The molecule has 0 aromatic carbocycles. The van der Waals surface area contributed by atoms with Gasteiger partial charge in [-0.3, -0.25) is 0 Å². The molecular formula is C12H27NO2. The predicted molar refractivity (Wildman–Crippen MR) is 64.1 cm³/mol. The number of rotatable bonds is 9. The van der Waals surface area contributed by atoms with E-state index in [0.29, 0.717) is 5.92 Å². The van der Waals surface area contributed by atoms with Gasteiger partial charge in [0.2, 0.25) is 0 Å². The van der Waals surface area contributed by atoms with Crippen molar-refractivity contribution in [1.29, 1.82) is 0 Å². The van der Waals surface area contributed by atoms with Crippen LogP contribution in [0.15, 0.2) is 0 Å². The molecule has 0 aromatic rings. The van der Waals surface area contributed by atoms with E-state index in [1.54, 1.807) is 0 Å². The highest BCUT2D eigenvalue weighted by Gasteiger charge is 2.23. The molecule has 0 aliphatic carbocycles. The lowest BCUT2D eigenvalue weighted by atomic mass is 9.94. The lowest BCUT2D eigenvalue weighted by Crippen LogP contribution is -2.48. The Kier molecular flexibility index (Phi) is 8.02. The molecule has 0 bridgehead atoms. The quantitative estimate of drug-likeness (QED) is 0.579. The summed E-state index contributed by atoms with van der Waals surface area (Å²) in [5.74, 6) is 0.588. The van der Waals surface area contributed by atoms with E-state index in [9.17, 15) is 5.11 Å². The fourth-order valence-electron chi connectivity index (χ4n) is 1.49. The van der Waals surface area contributed by atoms with Crippen molar-refractivity contribution in [2.24, 2.45) is 5.92 Å². The summed E-state index contributed by atoms with van der Waals surface area (Å²) in [6, 6.07) is 0. The zero-order chi connectivity index (χ0) is 11.7. The summed E-state index contributed by atoms with van der Waals surface area (Å²) < 4.78 is 5.48. The van der Waals surface area contributed by atoms with Gasteiger partial charge in [-0.05, 0) is 18.8 Å². The molecule has 3 nitrogen and oxygen atoms in total. The van der Waals surface area contributed by atoms with E-state index in [4.69, 9.17) is 4.74 Å². The zero-order valence-electron chi connectivity index (χ0n) is 10.7. The minimum absolute atomic E-state index is 0.110. The molecule has 92 valence electrons. The summed E-state index contributed by atoms with van der Waals surface area (Å²) in [6.45, 7) is 11.0. The van der Waals surface area contributed by atoms with Gasteiger partial charge in [-0.15, -0.1) is 0 Å². The van der Waals surface area contributed by atoms with Crippen LogP contribution in [0.3, 0.4) is 0 Å². The third-order valence-corrected chi connectivity index (χ3v) is 2.85. The molecule has 2 N–H and O–H groups in total. The van der Waals surface area contributed by atoms with Crippen molar-refractivity contribution in [3.05, 3.63) is 0 Å². The SMILES string of the molecule is CCC(CC)(CO)NCCOCC(C)C. The highest BCUT2D eigenvalue weighted by atomic mass is 16.5. The third-order valence-electron chi connectivity index (χ3n) is 2.85. The summed E-state index contributed by atoms with van der Waals surface area (Å²) in [5.41, 5.74) is -0.110. The van der Waals surface area contributed by atoms with Crippen molar-refractivity contribution in [3.63, 3.8) is 0 Å². The first-order valence-electron chi connectivity index (χ1n) is 6.03. The Morgan fingerprint density at radius 1 is 1.27 bits per heavy atom. The summed E-state index contributed by atoms with van der Waals surface area (Å²) in [6.07, 6.45) is 1.90. The van der Waals surface area contributed by atoms with Crippen LogP contribution in [-0.4, -0.2) is 37.0 Å². The minimum Gasteiger partial charge on any atom is -0.394 e. The standard InChI is InChI=1S/C12H27NO2/c1-5-12(6-2,10-14)13-7-8-15-9-11(3)4/h11,13-14H,5-10H2,1-4H3. The third kappa shape index (κ3) is 6.13. The minimum atomic E-state index is -0.110. The van der Waals surface area contributed by atoms with E-state index in [0.717, 1.165) is 32.6 Å². The second-order valence-corrected chi connectivity index (χ2v) is 4.54. The molecule has 0 fully saturated rings. The van der Waals surface area contributed by atoms with E-state index < -0.39 is 0 Å². The molecule has 3 heteroatoms. The number of ether oxygens (including phenoxy) is 1. The first-order chi connectivity index (χ1) is 7.10. The summed E-state index contributed by atoms with van der Waals surface area (Å²) in [4.78, 5) is 0. The molecule has 0 radical (unpaired) electrons. The van der Waals surface area contributed by atoms with Gasteiger partial charge >= 0.3 is 0 Å². The second kappa shape index (κ2) is 8.08. The highest BCUT2D eigenvalue weighted by Crippen LogP contribution is 2.13. The van der Waals surface area contributed by atoms with Crippen LogP contribution < -0.4 is 5.32 Å². The number of nitrogens with one attached hydrogen (secondary N) is 1. The second-order valence-electron chi connectivity index (χ2n) is 4.54. The fourth-order valence-corrected chi connectivity index (χ4v) is 1.49. The molecule has 0 amide bonds. The van der Waals surface area contributed by atoms with Gasteiger partial charge in [0, 0.05) is 18.7 Å². The van der Waals surface area contributed by atoms with Crippen molar-refractivity contribution >= 4 is 0 Å². The number of aliphatic hydroxyl groups excluding tert-OH is 1. The molecule has 0 aliphatic heterocycles. The van der Waals surface area contributed by atoms with Gasteiger partial charge in [-0.2, -0.15) is 0 Å². The first kappa shape index (κ1) is 14.9. The average Bonchev–Trinajstić information content (AvgIpc) is 2.24. The van der Waals surface area contributed by atoms with Crippen molar-refractivity contribution in [1.82, 2.24) is 5.32 Å². The first-order valence-corrected chi connectivity index (χ1v) is 6.03. The van der Waals surface area contributed by atoms with Crippen LogP contribution in [-0.2, 0) is 4.74 Å². The topological polar surface area (TPSA) is 41.5 Å². The molecule has 0 aliphatic rings. The van der Waals surface area contributed by atoms with Crippen LogP contribution in [0, 0.1) is 5.92 Å². The molecule has 0 heterocycles. The Labute approximate surface area is 94.2 Å². The van der Waals surface area contributed by atoms with Crippen LogP contribution in [0.1, 0.15) is 40.5 Å². The summed E-state index contributed by atoms with van der Waals surface area (Å²) in [7, 11) is 0. The van der Waals surface area contributed by atoms with Crippen LogP contribution in [0.4, 0.5) is 0 Å². The van der Waals surface area contributed by atoms with Gasteiger partial charge in [0.15, 0.2) is 0 Å². The van der Waals surface area contributed by atoms with E-state index in [1.165, 1.54) is 0 Å². The lowest BCUT2D eigenvalue weighted by molar-refractivity contribution is 0.0927. The van der Waals surface area contributed by atoms with Crippen molar-refractivity contribution < 1.29 is 9.84 Å². The zero-order valence-corrected chi connectivity index (χ0v) is 10.7. The molecule has 15 heavy (non-hydrogen) atoms. The monoisotopic (exact) mass is 217 g/mol. The van der Waals surface area contributed by atoms with Crippen LogP contribution in [0.2, 0.25) is 0 Å². The molecule has 0 saturated heterocycles. The van der Waals surface area contributed by atoms with E-state index in [1.807, 2.05) is 0 Å². The smallest absolute Gasteiger partial charge is 0.0613 e. The Hall–Kier alpha value is -0.120. The Balaban J connectivity index is 3.63. The normalized spacial score (nSPS) is 12.4. The molecule has 0 aromatic heterocycles. The molecule has 0 spiro atoms. The largest absolute Gasteiger partial charge is 0.394 e. The van der Waals surface area contributed by atoms with Gasteiger partial charge in [-0.1, -0.05) is 27.7 Å². The Bertz CT molecular complexity index is 136. The van der Waals surface area contributed by atoms with E-state index >= 15 is 0 Å². The van der Waals surface area contributed by atoms with Crippen LogP contribution >= 0.6 is 0 Å². The molecule has 0 atom stereocenters. The van der Waals surface area contributed by atoms with Crippen LogP contribution in [0.5, 0.6) is 0 Å². The van der Waals surface area contributed by atoms with Crippen molar-refractivity contribution in [2.45, 2.75) is 46.1 Å². The number of hydrogen-bond donors (Lipinski definition) is 2. The van der Waals surface area contributed by atoms with E-state index in [2.05, 4.69) is 33.0 Å². The molecule has 0 saturated carbocycles. The number of hydrogen-bond acceptors (Lipinski definition) is 3. The average molecular weight is 217 g/mol. The lowest BCUT2D eigenvalue weighted by Gasteiger charge is -2.30. The molecular weight excluding hydrogens is 190 g/mol. The molecule has 0 rings (SSSR count). The fraction of sp³-hybridized carbons (Fsp3) is 1.00. The van der Waals surface area contributed by atoms with E-state index in [-0.39, 0.29) is 12.1 Å². The predicted octanol–water partition coefficient (Wildman–Crippen LogP) is 1.80. The Morgan fingerprint density at radius 3 is 2.27 bits per heavy atom. The maximum absolute atomic E-state index is 9.32. The van der Waals surface area contributed by atoms with Gasteiger partial charge in [-0.25, -0.2) is 0 Å². The van der Waals surface area contributed by atoms with Gasteiger partial charge in [0.25, 0.3) is 0 Å². The number of aliphatic hydroxyl groups is 1. The van der Waals surface area contributed by atoms with Crippen molar-refractivity contribution in [2.75, 3.05) is 26.4 Å². The summed E-state index contributed by atoms with van der Waals surface area (Å²) >= 11 is 0. The maximum Gasteiger partial charge on any atom is 0.0613 e. The van der Waals surface area contributed by atoms with Crippen LogP contribution in [0.25, 0.3) is 0 Å². The Morgan fingerprint density at radius 2 is 1.87 bits per heavy atom. The van der Waals surface area contributed by atoms with Gasteiger partial charge in [0.1, 0.15) is 0 Å². The van der Waals surface area contributed by atoms with Crippen molar-refractivity contribution in [3.8, 4) is 0 Å². The molecule has 0 unspecified atom stereocenters. The summed E-state index contributed by atoms with van der Waals surface area (Å²) in [5, 5.41) is 12.7.